The fourth-order valence-corrected chi connectivity index (χ4v) is 3.83. The lowest BCUT2D eigenvalue weighted by Gasteiger charge is -2.32. The first kappa shape index (κ1) is 13.8. The minimum absolute atomic E-state index is 0.362. The molecule has 3 aromatic heterocycles. The Kier molecular flexibility index (Phi) is 3.57. The van der Waals surface area contributed by atoms with Crippen LogP contribution < -0.4 is 5.32 Å². The fraction of sp³-hybridized carbons (Fsp3) is 0.312. The van der Waals surface area contributed by atoms with Crippen LogP contribution in [0.15, 0.2) is 36.8 Å². The maximum Gasteiger partial charge on any atom is 0.106 e. The van der Waals surface area contributed by atoms with Crippen molar-refractivity contribution in [2.45, 2.75) is 6.04 Å². The minimum atomic E-state index is 0.362. The summed E-state index contributed by atoms with van der Waals surface area (Å²) in [6.45, 7) is 3.06. The van der Waals surface area contributed by atoms with Crippen LogP contribution in [0.25, 0.3) is 22.2 Å². The number of fused-ring (bicyclic) bond motifs is 1. The van der Waals surface area contributed by atoms with Crippen molar-refractivity contribution >= 4 is 22.6 Å². The molecule has 5 nitrogen and oxygen atoms in total. The number of nitrogens with one attached hydrogen (secondary N) is 1. The normalized spacial score (nSPS) is 19.6. The lowest BCUT2D eigenvalue weighted by molar-refractivity contribution is 0.206. The first-order valence-electron chi connectivity index (χ1n) is 7.39. The van der Waals surface area contributed by atoms with E-state index in [0.29, 0.717) is 6.04 Å². The van der Waals surface area contributed by atoms with Gasteiger partial charge in [0.25, 0.3) is 0 Å². The predicted molar refractivity (Wildman–Crippen MR) is 88.9 cm³/mol. The zero-order valence-corrected chi connectivity index (χ0v) is 13.2. The largest absolute Gasteiger partial charge is 0.314 e. The minimum Gasteiger partial charge on any atom is -0.314 e. The highest BCUT2D eigenvalue weighted by atomic mass is 32.1. The maximum atomic E-state index is 4.69. The average Bonchev–Trinajstić information content (AvgIpc) is 2.99. The zero-order chi connectivity index (χ0) is 14.9. The molecule has 1 saturated heterocycles. The molecule has 1 unspecified atom stereocenters. The molecule has 3 aromatic rings. The van der Waals surface area contributed by atoms with Crippen LogP contribution in [0.4, 0.5) is 0 Å². The third kappa shape index (κ3) is 2.39. The monoisotopic (exact) mass is 311 g/mol. The van der Waals surface area contributed by atoms with Gasteiger partial charge in [-0.15, -0.1) is 0 Å². The standard InChI is InChI=1S/C16H17N5S/c1-21-6-5-18-10-14(21)16-15-13(20-22-16)7-12(9-19-15)11-3-2-4-17-8-11/h2-4,7-9,14,18H,5-6,10H2,1H3. The van der Waals surface area contributed by atoms with Crippen LogP contribution in [0.5, 0.6) is 0 Å². The molecule has 4 heterocycles. The second kappa shape index (κ2) is 5.72. The Labute approximate surface area is 133 Å². The van der Waals surface area contributed by atoms with Gasteiger partial charge in [-0.3, -0.25) is 14.9 Å². The lowest BCUT2D eigenvalue weighted by atomic mass is 10.1. The van der Waals surface area contributed by atoms with Crippen LogP contribution in [-0.4, -0.2) is 45.9 Å². The van der Waals surface area contributed by atoms with Crippen molar-refractivity contribution in [3.05, 3.63) is 41.7 Å². The number of aromatic nitrogens is 3. The van der Waals surface area contributed by atoms with Crippen molar-refractivity contribution in [2.24, 2.45) is 0 Å². The predicted octanol–water partition coefficient (Wildman–Crippen LogP) is 2.33. The first-order chi connectivity index (χ1) is 10.8. The molecule has 4 rings (SSSR count). The van der Waals surface area contributed by atoms with Crippen molar-refractivity contribution in [1.29, 1.82) is 0 Å². The summed E-state index contributed by atoms with van der Waals surface area (Å²) >= 11 is 1.57. The Hall–Kier alpha value is -1.89. The summed E-state index contributed by atoms with van der Waals surface area (Å²) in [6, 6.07) is 6.45. The van der Waals surface area contributed by atoms with E-state index in [1.54, 1.807) is 17.7 Å². The van der Waals surface area contributed by atoms with Gasteiger partial charge in [-0.2, -0.15) is 4.37 Å². The molecule has 0 saturated carbocycles. The van der Waals surface area contributed by atoms with Gasteiger partial charge in [-0.1, -0.05) is 6.07 Å². The summed E-state index contributed by atoms with van der Waals surface area (Å²) in [7, 11) is 2.17. The van der Waals surface area contributed by atoms with Gasteiger partial charge in [-0.05, 0) is 30.7 Å². The molecule has 0 spiro atoms. The maximum absolute atomic E-state index is 4.69. The average molecular weight is 311 g/mol. The Morgan fingerprint density at radius 3 is 3.09 bits per heavy atom. The van der Waals surface area contributed by atoms with Gasteiger partial charge in [0.1, 0.15) is 11.0 Å². The molecule has 112 valence electrons. The zero-order valence-electron chi connectivity index (χ0n) is 12.4. The van der Waals surface area contributed by atoms with Crippen molar-refractivity contribution in [2.75, 3.05) is 26.7 Å². The van der Waals surface area contributed by atoms with E-state index < -0.39 is 0 Å². The van der Waals surface area contributed by atoms with Crippen LogP contribution in [0.2, 0.25) is 0 Å². The Morgan fingerprint density at radius 2 is 2.27 bits per heavy atom. The van der Waals surface area contributed by atoms with Crippen molar-refractivity contribution in [1.82, 2.24) is 24.6 Å². The Balaban J connectivity index is 1.74. The summed E-state index contributed by atoms with van der Waals surface area (Å²) in [4.78, 5) is 12.5. The number of rotatable bonds is 2. The molecule has 0 aliphatic carbocycles. The SMILES string of the molecule is CN1CCNCC1c1snc2cc(-c3cccnc3)cnc12. The summed E-state index contributed by atoms with van der Waals surface area (Å²) in [6.07, 6.45) is 5.56. The van der Waals surface area contributed by atoms with Gasteiger partial charge in [0.05, 0.1) is 10.9 Å². The molecule has 22 heavy (non-hydrogen) atoms. The highest BCUT2D eigenvalue weighted by Gasteiger charge is 2.25. The second-order valence-corrected chi connectivity index (χ2v) is 6.39. The molecule has 0 aromatic carbocycles. The third-order valence-corrected chi connectivity index (χ3v) is 5.10. The van der Waals surface area contributed by atoms with E-state index >= 15 is 0 Å². The van der Waals surface area contributed by atoms with E-state index in [-0.39, 0.29) is 0 Å². The number of pyridine rings is 2. The number of nitrogens with zero attached hydrogens (tertiary/aromatic N) is 4. The van der Waals surface area contributed by atoms with Gasteiger partial charge in [0, 0.05) is 49.4 Å². The van der Waals surface area contributed by atoms with Gasteiger partial charge in [0.2, 0.25) is 0 Å². The van der Waals surface area contributed by atoms with Crippen LogP contribution in [0, 0.1) is 0 Å². The molecule has 0 radical (unpaired) electrons. The molecule has 1 aliphatic heterocycles. The second-order valence-electron chi connectivity index (χ2n) is 5.58. The molecule has 1 aliphatic rings. The highest BCUT2D eigenvalue weighted by Crippen LogP contribution is 2.32. The van der Waals surface area contributed by atoms with Crippen LogP contribution in [0.3, 0.4) is 0 Å². The summed E-state index contributed by atoms with van der Waals surface area (Å²) < 4.78 is 4.62. The van der Waals surface area contributed by atoms with Gasteiger partial charge >= 0.3 is 0 Å². The van der Waals surface area contributed by atoms with Gasteiger partial charge in [-0.25, -0.2) is 0 Å². The number of hydrogen-bond donors (Lipinski definition) is 1. The quantitative estimate of drug-likeness (QED) is 0.787. The van der Waals surface area contributed by atoms with Crippen LogP contribution >= 0.6 is 11.5 Å². The van der Waals surface area contributed by atoms with E-state index in [2.05, 4.69) is 32.7 Å². The molecule has 1 atom stereocenters. The Bertz CT molecular complexity index is 786. The first-order valence-corrected chi connectivity index (χ1v) is 8.17. The molecule has 0 amide bonds. The highest BCUT2D eigenvalue weighted by molar-refractivity contribution is 7.07. The molecule has 1 fully saturated rings. The summed E-state index contributed by atoms with van der Waals surface area (Å²) in [5, 5.41) is 3.46. The summed E-state index contributed by atoms with van der Waals surface area (Å²) in [5.74, 6) is 0. The lowest BCUT2D eigenvalue weighted by Crippen LogP contribution is -2.43. The molecular weight excluding hydrogens is 294 g/mol. The third-order valence-electron chi connectivity index (χ3n) is 4.15. The molecule has 1 N–H and O–H groups in total. The molecular formula is C16H17N5S. The van der Waals surface area contributed by atoms with E-state index in [0.717, 1.165) is 41.8 Å². The van der Waals surface area contributed by atoms with Crippen molar-refractivity contribution in [3.8, 4) is 11.1 Å². The fourth-order valence-electron chi connectivity index (χ4n) is 2.86. The van der Waals surface area contributed by atoms with E-state index in [4.69, 9.17) is 4.98 Å². The number of hydrogen-bond acceptors (Lipinski definition) is 6. The van der Waals surface area contributed by atoms with Gasteiger partial charge in [0.15, 0.2) is 0 Å². The van der Waals surface area contributed by atoms with Crippen molar-refractivity contribution < 1.29 is 0 Å². The summed E-state index contributed by atoms with van der Waals surface area (Å²) in [5.41, 5.74) is 4.13. The topological polar surface area (TPSA) is 53.9 Å². The van der Waals surface area contributed by atoms with Gasteiger partial charge < -0.3 is 5.32 Å². The Morgan fingerprint density at radius 1 is 1.32 bits per heavy atom. The van der Waals surface area contributed by atoms with E-state index in [1.807, 2.05) is 24.5 Å². The smallest absolute Gasteiger partial charge is 0.106 e. The van der Waals surface area contributed by atoms with Crippen LogP contribution in [0.1, 0.15) is 10.9 Å². The van der Waals surface area contributed by atoms with E-state index in [1.165, 1.54) is 4.88 Å². The van der Waals surface area contributed by atoms with Crippen molar-refractivity contribution in [3.63, 3.8) is 0 Å². The molecule has 6 heteroatoms. The number of piperazine rings is 1. The van der Waals surface area contributed by atoms with Crippen LogP contribution in [-0.2, 0) is 0 Å². The number of likely N-dealkylation sites (N-methyl/N-ethyl adjacent to an activating group) is 1. The molecule has 0 bridgehead atoms. The van der Waals surface area contributed by atoms with E-state index in [9.17, 15) is 0 Å².